The van der Waals surface area contributed by atoms with Gasteiger partial charge in [0, 0.05) is 11.8 Å². The van der Waals surface area contributed by atoms with Crippen LogP contribution in [0.15, 0.2) is 48.1 Å². The van der Waals surface area contributed by atoms with Crippen LogP contribution in [0.3, 0.4) is 0 Å². The molecule has 0 amide bonds. The minimum atomic E-state index is -0.250. The summed E-state index contributed by atoms with van der Waals surface area (Å²) in [4.78, 5) is 0. The minimum Gasteiger partial charge on any atom is -0.352 e. The molecule has 1 aromatic carbocycles. The van der Waals surface area contributed by atoms with E-state index in [-0.39, 0.29) is 11.7 Å². The smallest absolute Gasteiger partial charge is 0.142 e. The molecule has 1 saturated heterocycles. The summed E-state index contributed by atoms with van der Waals surface area (Å²) < 4.78 is 5.80. The average Bonchev–Trinajstić information content (AvgIpc) is 3.13. The topological polar surface area (TPSA) is 12.5 Å². The van der Waals surface area contributed by atoms with Crippen LogP contribution in [0.2, 0.25) is 0 Å². The van der Waals surface area contributed by atoms with Gasteiger partial charge in [-0.1, -0.05) is 30.3 Å². The number of benzene rings is 1. The number of hydrogen-bond acceptors (Lipinski definition) is 1. The molecule has 2 aliphatic rings. The second-order valence-corrected chi connectivity index (χ2v) is 4.91. The van der Waals surface area contributed by atoms with E-state index in [0.29, 0.717) is 11.8 Å². The maximum absolute atomic E-state index is 5.81. The van der Waals surface area contributed by atoms with E-state index in [9.17, 15) is 0 Å². The third-order valence-corrected chi connectivity index (χ3v) is 3.93. The van der Waals surface area contributed by atoms with Gasteiger partial charge in [-0.3, -0.25) is 0 Å². The Morgan fingerprint density at radius 2 is 1.88 bits per heavy atom. The summed E-state index contributed by atoms with van der Waals surface area (Å²) in [6, 6.07) is 8.26. The van der Waals surface area contributed by atoms with E-state index in [1.165, 1.54) is 5.56 Å². The van der Waals surface area contributed by atoms with Crippen molar-refractivity contribution in [3.8, 4) is 0 Å². The lowest BCUT2D eigenvalue weighted by molar-refractivity contribution is 0.346. The predicted molar refractivity (Wildman–Crippen MR) is 70.5 cm³/mol. The van der Waals surface area contributed by atoms with Gasteiger partial charge in [-0.15, -0.1) is 23.2 Å². The van der Waals surface area contributed by atoms with Gasteiger partial charge in [-0.25, -0.2) is 0 Å². The highest BCUT2D eigenvalue weighted by molar-refractivity contribution is 6.19. The van der Waals surface area contributed by atoms with Crippen molar-refractivity contribution in [1.29, 1.82) is 0 Å². The van der Waals surface area contributed by atoms with Gasteiger partial charge in [-0.05, 0) is 28.9 Å². The fourth-order valence-electron chi connectivity index (χ4n) is 2.22. The first kappa shape index (κ1) is 11.3. The Labute approximate surface area is 111 Å². The molecule has 17 heavy (non-hydrogen) atoms. The first-order valence-corrected chi connectivity index (χ1v) is 6.64. The number of epoxide rings is 1. The standard InChI is InChI=1S/C14H12Cl2O/c15-8-10-1-3-12(4-2-10)14-6-5-11(9-16)7-13(14)17-14/h1-7,13H,8-9H2. The van der Waals surface area contributed by atoms with Crippen molar-refractivity contribution >= 4 is 23.2 Å². The quantitative estimate of drug-likeness (QED) is 0.600. The first-order chi connectivity index (χ1) is 8.28. The van der Waals surface area contributed by atoms with Gasteiger partial charge in [0.15, 0.2) is 0 Å². The molecular formula is C14H12Cl2O. The summed E-state index contributed by atoms with van der Waals surface area (Å²) in [7, 11) is 0. The van der Waals surface area contributed by atoms with Gasteiger partial charge in [-0.2, -0.15) is 0 Å². The lowest BCUT2D eigenvalue weighted by atomic mass is 9.90. The van der Waals surface area contributed by atoms with Gasteiger partial charge in [0.25, 0.3) is 0 Å². The minimum absolute atomic E-state index is 0.142. The van der Waals surface area contributed by atoms with E-state index >= 15 is 0 Å². The summed E-state index contributed by atoms with van der Waals surface area (Å²) in [5, 5.41) is 0. The maximum atomic E-state index is 5.81. The maximum Gasteiger partial charge on any atom is 0.142 e. The molecule has 1 aliphatic heterocycles. The molecule has 2 unspecified atom stereocenters. The largest absolute Gasteiger partial charge is 0.352 e. The SMILES string of the molecule is ClCC1=CC2OC2(c2ccc(CCl)cc2)C=C1. The fourth-order valence-corrected chi connectivity index (χ4v) is 2.58. The molecule has 3 heteroatoms. The second-order valence-electron chi connectivity index (χ2n) is 4.37. The van der Waals surface area contributed by atoms with Crippen molar-refractivity contribution in [3.63, 3.8) is 0 Å². The summed E-state index contributed by atoms with van der Waals surface area (Å²) in [6.07, 6.45) is 6.39. The molecule has 1 nitrogen and oxygen atoms in total. The molecule has 0 radical (unpaired) electrons. The molecule has 2 atom stereocenters. The third-order valence-electron chi connectivity index (χ3n) is 3.31. The fraction of sp³-hybridized carbons (Fsp3) is 0.286. The summed E-state index contributed by atoms with van der Waals surface area (Å²) in [5.41, 5.74) is 3.18. The molecule has 0 aromatic heterocycles. The Hall–Kier alpha value is -0.760. The molecule has 0 N–H and O–H groups in total. The van der Waals surface area contributed by atoms with Crippen molar-refractivity contribution in [2.45, 2.75) is 17.6 Å². The van der Waals surface area contributed by atoms with E-state index in [2.05, 4.69) is 24.3 Å². The third kappa shape index (κ3) is 1.83. The van der Waals surface area contributed by atoms with Crippen LogP contribution in [0.1, 0.15) is 11.1 Å². The van der Waals surface area contributed by atoms with E-state index in [1.807, 2.05) is 18.2 Å². The molecule has 1 heterocycles. The summed E-state index contributed by atoms with van der Waals surface area (Å²) in [5.74, 6) is 1.08. The van der Waals surface area contributed by atoms with E-state index < -0.39 is 0 Å². The predicted octanol–water partition coefficient (Wildman–Crippen LogP) is 3.75. The van der Waals surface area contributed by atoms with Crippen molar-refractivity contribution < 1.29 is 4.74 Å². The van der Waals surface area contributed by atoms with E-state index in [0.717, 1.165) is 11.1 Å². The van der Waals surface area contributed by atoms with Crippen LogP contribution >= 0.6 is 23.2 Å². The van der Waals surface area contributed by atoms with Crippen LogP contribution < -0.4 is 0 Å². The summed E-state index contributed by atoms with van der Waals surface area (Å²) >= 11 is 11.6. The number of fused-ring (bicyclic) bond motifs is 1. The molecule has 88 valence electrons. The Kier molecular flexibility index (Phi) is 2.78. The van der Waals surface area contributed by atoms with Gasteiger partial charge in [0.2, 0.25) is 0 Å². The van der Waals surface area contributed by atoms with Crippen molar-refractivity contribution in [3.05, 3.63) is 59.2 Å². The van der Waals surface area contributed by atoms with Crippen LogP contribution in [0, 0.1) is 0 Å². The molecule has 0 spiro atoms. The zero-order valence-electron chi connectivity index (χ0n) is 9.20. The van der Waals surface area contributed by atoms with Crippen molar-refractivity contribution in [2.75, 3.05) is 5.88 Å². The van der Waals surface area contributed by atoms with Crippen molar-refractivity contribution in [1.82, 2.24) is 0 Å². The molecule has 1 fully saturated rings. The Balaban J connectivity index is 1.88. The van der Waals surface area contributed by atoms with Crippen LogP contribution in [0.5, 0.6) is 0 Å². The normalized spacial score (nSPS) is 29.8. The lowest BCUT2D eigenvalue weighted by Gasteiger charge is -2.12. The highest BCUT2D eigenvalue weighted by atomic mass is 35.5. The molecule has 1 aliphatic carbocycles. The van der Waals surface area contributed by atoms with Crippen molar-refractivity contribution in [2.24, 2.45) is 0 Å². The van der Waals surface area contributed by atoms with E-state index in [1.54, 1.807) is 0 Å². The second kappa shape index (κ2) is 4.16. The molecule has 1 aromatic rings. The van der Waals surface area contributed by atoms with Crippen LogP contribution in [-0.2, 0) is 16.2 Å². The number of allylic oxidation sites excluding steroid dienone is 2. The molecule has 0 saturated carbocycles. The molecular weight excluding hydrogens is 255 g/mol. The average molecular weight is 267 g/mol. The van der Waals surface area contributed by atoms with Gasteiger partial charge in [0.1, 0.15) is 11.7 Å². The van der Waals surface area contributed by atoms with Gasteiger partial charge >= 0.3 is 0 Å². The highest BCUT2D eigenvalue weighted by Crippen LogP contribution is 2.51. The van der Waals surface area contributed by atoms with Crippen LogP contribution in [0.25, 0.3) is 0 Å². The number of halogens is 2. The number of alkyl halides is 2. The Morgan fingerprint density at radius 1 is 1.12 bits per heavy atom. The Morgan fingerprint density at radius 3 is 2.47 bits per heavy atom. The zero-order chi connectivity index (χ0) is 11.9. The first-order valence-electron chi connectivity index (χ1n) is 5.57. The van der Waals surface area contributed by atoms with E-state index in [4.69, 9.17) is 27.9 Å². The number of ether oxygens (including phenoxy) is 1. The highest BCUT2D eigenvalue weighted by Gasteiger charge is 2.55. The van der Waals surface area contributed by atoms with Crippen LogP contribution in [-0.4, -0.2) is 12.0 Å². The lowest BCUT2D eigenvalue weighted by Crippen LogP contribution is -2.12. The Bertz CT molecular complexity index is 489. The number of rotatable bonds is 3. The monoisotopic (exact) mass is 266 g/mol. The zero-order valence-corrected chi connectivity index (χ0v) is 10.7. The van der Waals surface area contributed by atoms with Crippen LogP contribution in [0.4, 0.5) is 0 Å². The molecule has 0 bridgehead atoms. The molecule has 3 rings (SSSR count). The summed E-state index contributed by atoms with van der Waals surface area (Å²) in [6.45, 7) is 0. The number of hydrogen-bond donors (Lipinski definition) is 0. The van der Waals surface area contributed by atoms with Gasteiger partial charge in [0.05, 0.1) is 0 Å². The van der Waals surface area contributed by atoms with Gasteiger partial charge < -0.3 is 4.74 Å².